The number of rotatable bonds is 7. The van der Waals surface area contributed by atoms with Gasteiger partial charge in [-0.3, -0.25) is 14.7 Å². The second kappa shape index (κ2) is 10.7. The minimum atomic E-state index is -0.0398. The molecule has 2 aliphatic rings. The molecule has 2 heterocycles. The van der Waals surface area contributed by atoms with Gasteiger partial charge in [-0.15, -0.1) is 0 Å². The van der Waals surface area contributed by atoms with Crippen molar-refractivity contribution in [3.05, 3.63) is 36.0 Å². The summed E-state index contributed by atoms with van der Waals surface area (Å²) in [5.41, 5.74) is 2.09. The van der Waals surface area contributed by atoms with Gasteiger partial charge in [0.15, 0.2) is 0 Å². The number of aromatic nitrogens is 1. The summed E-state index contributed by atoms with van der Waals surface area (Å²) in [5.74, 6) is 2.60. The summed E-state index contributed by atoms with van der Waals surface area (Å²) >= 11 is 0. The summed E-state index contributed by atoms with van der Waals surface area (Å²) in [5, 5.41) is 1.13. The zero-order valence-corrected chi connectivity index (χ0v) is 19.9. The molecule has 0 atom stereocenters. The summed E-state index contributed by atoms with van der Waals surface area (Å²) in [7, 11) is 0. The third kappa shape index (κ3) is 5.80. The molecule has 1 aliphatic carbocycles. The van der Waals surface area contributed by atoms with E-state index in [-0.39, 0.29) is 11.9 Å². The highest BCUT2D eigenvalue weighted by atomic mass is 16.5. The number of esters is 1. The van der Waals surface area contributed by atoms with E-state index in [4.69, 9.17) is 14.5 Å². The number of hydrogen-bond donors (Lipinski definition) is 0. The predicted molar refractivity (Wildman–Crippen MR) is 128 cm³/mol. The Kier molecular flexibility index (Phi) is 7.67. The second-order valence-corrected chi connectivity index (χ2v) is 9.86. The predicted octanol–water partition coefficient (Wildman–Crippen LogP) is 5.60. The average molecular weight is 439 g/mol. The Balaban J connectivity index is 1.31. The number of nitrogens with zero attached hydrogens (tertiary/aromatic N) is 2. The molecule has 0 amide bonds. The lowest BCUT2D eigenvalue weighted by molar-refractivity contribution is -0.149. The molecule has 5 heteroatoms. The first-order valence-corrected chi connectivity index (χ1v) is 12.5. The van der Waals surface area contributed by atoms with Crippen LogP contribution >= 0.6 is 0 Å². The van der Waals surface area contributed by atoms with E-state index in [1.165, 1.54) is 12.8 Å². The molecule has 32 heavy (non-hydrogen) atoms. The van der Waals surface area contributed by atoms with Crippen LogP contribution in [0.3, 0.4) is 0 Å². The lowest BCUT2D eigenvalue weighted by Crippen LogP contribution is -2.36. The van der Waals surface area contributed by atoms with Crippen molar-refractivity contribution in [2.45, 2.75) is 71.9 Å². The highest BCUT2D eigenvalue weighted by Crippen LogP contribution is 2.32. The van der Waals surface area contributed by atoms with Gasteiger partial charge in [0.2, 0.25) is 0 Å². The van der Waals surface area contributed by atoms with E-state index in [1.54, 1.807) is 0 Å². The van der Waals surface area contributed by atoms with Crippen LogP contribution in [0.5, 0.6) is 5.75 Å². The maximum atomic E-state index is 11.9. The molecule has 1 aromatic carbocycles. The van der Waals surface area contributed by atoms with E-state index < -0.39 is 0 Å². The van der Waals surface area contributed by atoms with E-state index in [0.29, 0.717) is 12.7 Å². The Morgan fingerprint density at radius 2 is 1.81 bits per heavy atom. The van der Waals surface area contributed by atoms with Crippen molar-refractivity contribution in [1.82, 2.24) is 9.88 Å². The highest BCUT2D eigenvalue weighted by molar-refractivity contribution is 5.80. The first-order chi connectivity index (χ1) is 15.5. The summed E-state index contributed by atoms with van der Waals surface area (Å²) in [6.45, 7) is 9.65. The van der Waals surface area contributed by atoms with Gasteiger partial charge in [0, 0.05) is 11.9 Å². The van der Waals surface area contributed by atoms with Gasteiger partial charge < -0.3 is 9.47 Å². The molecular weight excluding hydrogens is 400 g/mol. The van der Waals surface area contributed by atoms with Gasteiger partial charge in [-0.25, -0.2) is 0 Å². The fourth-order valence-electron chi connectivity index (χ4n) is 5.19. The van der Waals surface area contributed by atoms with E-state index in [1.807, 2.05) is 6.92 Å². The van der Waals surface area contributed by atoms with Gasteiger partial charge in [-0.2, -0.15) is 0 Å². The number of hydrogen-bond acceptors (Lipinski definition) is 5. The number of ether oxygens (including phenoxy) is 2. The molecule has 2 fully saturated rings. The molecule has 1 aliphatic heterocycles. The summed E-state index contributed by atoms with van der Waals surface area (Å²) in [6.07, 6.45) is 6.94. The molecular formula is C27H38N2O3. The zero-order valence-electron chi connectivity index (χ0n) is 19.9. The fourth-order valence-corrected chi connectivity index (χ4v) is 5.19. The molecule has 5 nitrogen and oxygen atoms in total. The number of carbonyl (C=O) groups excluding carboxylic acids is 1. The van der Waals surface area contributed by atoms with Gasteiger partial charge in [-0.05, 0) is 94.6 Å². The molecule has 4 rings (SSSR count). The smallest absolute Gasteiger partial charge is 0.309 e. The Labute approximate surface area is 192 Å². The van der Waals surface area contributed by atoms with Crippen molar-refractivity contribution in [3.8, 4) is 5.75 Å². The third-order valence-corrected chi connectivity index (χ3v) is 7.28. The van der Waals surface area contributed by atoms with E-state index >= 15 is 0 Å². The maximum Gasteiger partial charge on any atom is 0.309 e. The standard InChI is InChI=1S/C27H38N2O3/c1-4-31-27(30)21-13-15-29(16-14-21)18-23-8-5-22-17-25(11-12-26(22)28-23)32-24-9-6-20(7-10-24)19(2)3/h5,8,11-12,17,19-21,24H,4,6-7,9-10,13-16,18H2,1-3H3/t20-,24+. The number of piperidine rings is 1. The third-order valence-electron chi connectivity index (χ3n) is 7.28. The summed E-state index contributed by atoms with van der Waals surface area (Å²) in [6, 6.07) is 10.6. The normalized spacial score (nSPS) is 22.9. The quantitative estimate of drug-likeness (QED) is 0.527. The molecule has 1 aromatic heterocycles. The summed E-state index contributed by atoms with van der Waals surface area (Å²) < 4.78 is 11.5. The maximum absolute atomic E-state index is 11.9. The Morgan fingerprint density at radius 1 is 1.06 bits per heavy atom. The van der Waals surface area contributed by atoms with Crippen LogP contribution in [0, 0.1) is 17.8 Å². The van der Waals surface area contributed by atoms with Crippen molar-refractivity contribution >= 4 is 16.9 Å². The van der Waals surface area contributed by atoms with Crippen molar-refractivity contribution in [3.63, 3.8) is 0 Å². The van der Waals surface area contributed by atoms with Gasteiger partial charge >= 0.3 is 5.97 Å². The van der Waals surface area contributed by atoms with Crippen molar-refractivity contribution in [2.24, 2.45) is 17.8 Å². The zero-order chi connectivity index (χ0) is 22.5. The molecule has 0 N–H and O–H groups in total. The topological polar surface area (TPSA) is 51.7 Å². The number of carbonyl (C=O) groups is 1. The number of likely N-dealkylation sites (tertiary alicyclic amines) is 1. The SMILES string of the molecule is CCOC(=O)C1CCN(Cc2ccc3cc(O[C@H]4CC[C@@H](C(C)C)CC4)ccc3n2)CC1. The van der Waals surface area contributed by atoms with Crippen LogP contribution in [-0.4, -0.2) is 41.7 Å². The van der Waals surface area contributed by atoms with Crippen LogP contribution in [-0.2, 0) is 16.1 Å². The van der Waals surface area contributed by atoms with E-state index in [2.05, 4.69) is 49.1 Å². The van der Waals surface area contributed by atoms with Gasteiger partial charge in [-0.1, -0.05) is 19.9 Å². The Morgan fingerprint density at radius 3 is 2.50 bits per heavy atom. The van der Waals surface area contributed by atoms with Gasteiger partial charge in [0.05, 0.1) is 29.8 Å². The Hall–Kier alpha value is -2.14. The minimum absolute atomic E-state index is 0.0398. The van der Waals surface area contributed by atoms with E-state index in [0.717, 1.165) is 79.5 Å². The van der Waals surface area contributed by atoms with Crippen LogP contribution in [0.4, 0.5) is 0 Å². The van der Waals surface area contributed by atoms with Crippen molar-refractivity contribution < 1.29 is 14.3 Å². The minimum Gasteiger partial charge on any atom is -0.490 e. The fraction of sp³-hybridized carbons (Fsp3) is 0.630. The van der Waals surface area contributed by atoms with E-state index in [9.17, 15) is 4.79 Å². The van der Waals surface area contributed by atoms with Crippen molar-refractivity contribution in [1.29, 1.82) is 0 Å². The van der Waals surface area contributed by atoms with Gasteiger partial charge in [0.1, 0.15) is 5.75 Å². The molecule has 1 saturated heterocycles. The second-order valence-electron chi connectivity index (χ2n) is 9.86. The molecule has 1 saturated carbocycles. The number of pyridine rings is 1. The molecule has 2 aromatic rings. The van der Waals surface area contributed by atoms with Crippen LogP contribution < -0.4 is 4.74 Å². The monoisotopic (exact) mass is 438 g/mol. The molecule has 174 valence electrons. The highest BCUT2D eigenvalue weighted by Gasteiger charge is 2.26. The number of benzene rings is 1. The van der Waals surface area contributed by atoms with Gasteiger partial charge in [0.25, 0.3) is 0 Å². The first-order valence-electron chi connectivity index (χ1n) is 12.5. The lowest BCUT2D eigenvalue weighted by atomic mass is 9.80. The van der Waals surface area contributed by atoms with Crippen LogP contribution in [0.1, 0.15) is 65.0 Å². The van der Waals surface area contributed by atoms with Crippen LogP contribution in [0.2, 0.25) is 0 Å². The van der Waals surface area contributed by atoms with Crippen LogP contribution in [0.15, 0.2) is 30.3 Å². The molecule has 0 bridgehead atoms. The average Bonchev–Trinajstić information content (AvgIpc) is 2.80. The van der Waals surface area contributed by atoms with Crippen LogP contribution in [0.25, 0.3) is 10.9 Å². The Bertz CT molecular complexity index is 897. The molecule has 0 spiro atoms. The molecule has 0 unspecified atom stereocenters. The largest absolute Gasteiger partial charge is 0.490 e. The van der Waals surface area contributed by atoms with Crippen molar-refractivity contribution in [2.75, 3.05) is 19.7 Å². The number of fused-ring (bicyclic) bond motifs is 1. The summed E-state index contributed by atoms with van der Waals surface area (Å²) in [4.78, 5) is 19.2. The first kappa shape index (κ1) is 23.0. The lowest BCUT2D eigenvalue weighted by Gasteiger charge is -2.31. The molecule has 0 radical (unpaired) electrons.